The number of rotatable bonds is 3. The van der Waals surface area contributed by atoms with Gasteiger partial charge >= 0.3 is 0 Å². The molecule has 2 aromatic rings. The van der Waals surface area contributed by atoms with Crippen molar-refractivity contribution in [2.45, 2.75) is 11.4 Å². The number of fused-ring (bicyclic) bond motifs is 1. The Balaban J connectivity index is 1.65. The van der Waals surface area contributed by atoms with E-state index in [2.05, 4.69) is 29.1 Å². The maximum atomic E-state index is 12.4. The Kier molecular flexibility index (Phi) is 4.95. The Labute approximate surface area is 135 Å². The van der Waals surface area contributed by atoms with Crippen molar-refractivity contribution in [2.75, 3.05) is 39.0 Å². The fourth-order valence-corrected chi connectivity index (χ4v) is 3.64. The van der Waals surface area contributed by atoms with Gasteiger partial charge in [0.25, 0.3) is 0 Å². The average molecular weight is 315 g/mol. The van der Waals surface area contributed by atoms with Crippen LogP contribution in [0.3, 0.4) is 0 Å². The average Bonchev–Trinajstić information content (AvgIpc) is 2.77. The standard InChI is InChI=1S/C17H21N3OS/c1-19-9-4-10-20(12-11-19)16(21)13-22-17-15-6-3-2-5-14(15)7-8-18-17/h2-3,5-8H,4,9-13H2,1H3. The number of benzene rings is 1. The molecule has 2 heterocycles. The van der Waals surface area contributed by atoms with E-state index in [-0.39, 0.29) is 5.91 Å². The predicted molar refractivity (Wildman–Crippen MR) is 91.2 cm³/mol. The van der Waals surface area contributed by atoms with Crippen molar-refractivity contribution < 1.29 is 4.79 Å². The number of carbonyl (C=O) groups excluding carboxylic acids is 1. The number of likely N-dealkylation sites (N-methyl/N-ethyl adjacent to an activating group) is 1. The summed E-state index contributed by atoms with van der Waals surface area (Å²) in [7, 11) is 2.11. The number of hydrogen-bond donors (Lipinski definition) is 0. The van der Waals surface area contributed by atoms with Crippen LogP contribution in [0.1, 0.15) is 6.42 Å². The zero-order chi connectivity index (χ0) is 15.4. The monoisotopic (exact) mass is 315 g/mol. The van der Waals surface area contributed by atoms with Crippen LogP contribution in [-0.4, -0.2) is 59.7 Å². The van der Waals surface area contributed by atoms with Gasteiger partial charge in [0.2, 0.25) is 5.91 Å². The van der Waals surface area contributed by atoms with Crippen molar-refractivity contribution in [3.8, 4) is 0 Å². The van der Waals surface area contributed by atoms with Gasteiger partial charge in [0.1, 0.15) is 5.03 Å². The van der Waals surface area contributed by atoms with Gasteiger partial charge in [-0.2, -0.15) is 0 Å². The van der Waals surface area contributed by atoms with E-state index < -0.39 is 0 Å². The second-order valence-corrected chi connectivity index (χ2v) is 6.63. The minimum Gasteiger partial charge on any atom is -0.341 e. The van der Waals surface area contributed by atoms with Gasteiger partial charge in [-0.1, -0.05) is 36.0 Å². The molecule has 0 aliphatic carbocycles. The molecule has 3 rings (SSSR count). The highest BCUT2D eigenvalue weighted by Crippen LogP contribution is 2.25. The third-order valence-corrected chi connectivity index (χ3v) is 5.03. The van der Waals surface area contributed by atoms with Crippen LogP contribution >= 0.6 is 11.8 Å². The first-order valence-electron chi connectivity index (χ1n) is 7.67. The third-order valence-electron chi connectivity index (χ3n) is 4.04. The van der Waals surface area contributed by atoms with E-state index in [1.807, 2.05) is 29.3 Å². The molecular weight excluding hydrogens is 294 g/mol. The topological polar surface area (TPSA) is 36.4 Å². The molecule has 0 atom stereocenters. The van der Waals surface area contributed by atoms with Gasteiger partial charge in [-0.05, 0) is 31.5 Å². The summed E-state index contributed by atoms with van der Waals surface area (Å²) in [4.78, 5) is 21.1. The van der Waals surface area contributed by atoms with Gasteiger partial charge in [-0.3, -0.25) is 4.79 Å². The molecule has 1 amide bonds. The molecule has 1 aliphatic rings. The Morgan fingerprint density at radius 1 is 1.18 bits per heavy atom. The summed E-state index contributed by atoms with van der Waals surface area (Å²) in [6, 6.07) is 10.2. The number of thioether (sulfide) groups is 1. The highest BCUT2D eigenvalue weighted by atomic mass is 32.2. The van der Waals surface area contributed by atoms with Crippen LogP contribution in [-0.2, 0) is 4.79 Å². The van der Waals surface area contributed by atoms with Crippen LogP contribution in [0.2, 0.25) is 0 Å². The summed E-state index contributed by atoms with van der Waals surface area (Å²) < 4.78 is 0. The molecule has 0 radical (unpaired) electrons. The molecule has 1 aliphatic heterocycles. The highest BCUT2D eigenvalue weighted by Gasteiger charge is 2.17. The lowest BCUT2D eigenvalue weighted by atomic mass is 10.2. The Morgan fingerprint density at radius 2 is 2.05 bits per heavy atom. The van der Waals surface area contributed by atoms with Crippen molar-refractivity contribution >= 4 is 28.4 Å². The summed E-state index contributed by atoms with van der Waals surface area (Å²) in [6.45, 7) is 3.73. The molecule has 0 unspecified atom stereocenters. The van der Waals surface area contributed by atoms with E-state index in [1.165, 1.54) is 5.39 Å². The van der Waals surface area contributed by atoms with Crippen LogP contribution in [0.25, 0.3) is 10.8 Å². The van der Waals surface area contributed by atoms with E-state index >= 15 is 0 Å². The summed E-state index contributed by atoms with van der Waals surface area (Å²) in [5.74, 6) is 0.681. The van der Waals surface area contributed by atoms with Gasteiger partial charge in [-0.25, -0.2) is 4.98 Å². The van der Waals surface area contributed by atoms with Crippen molar-refractivity contribution in [1.82, 2.24) is 14.8 Å². The largest absolute Gasteiger partial charge is 0.341 e. The zero-order valence-electron chi connectivity index (χ0n) is 12.9. The first-order chi connectivity index (χ1) is 10.7. The zero-order valence-corrected chi connectivity index (χ0v) is 13.7. The summed E-state index contributed by atoms with van der Waals surface area (Å²) in [6.07, 6.45) is 2.87. The van der Waals surface area contributed by atoms with Crippen LogP contribution in [0.15, 0.2) is 41.6 Å². The van der Waals surface area contributed by atoms with Crippen LogP contribution in [0.5, 0.6) is 0 Å². The van der Waals surface area contributed by atoms with Crippen molar-refractivity contribution in [3.05, 3.63) is 36.5 Å². The minimum absolute atomic E-state index is 0.218. The predicted octanol–water partition coefficient (Wildman–Crippen LogP) is 2.49. The second-order valence-electron chi connectivity index (χ2n) is 5.66. The molecule has 0 bridgehead atoms. The smallest absolute Gasteiger partial charge is 0.233 e. The normalized spacial score (nSPS) is 16.7. The number of aromatic nitrogens is 1. The van der Waals surface area contributed by atoms with Crippen molar-refractivity contribution in [1.29, 1.82) is 0 Å². The molecule has 1 saturated heterocycles. The molecule has 0 spiro atoms. The lowest BCUT2D eigenvalue weighted by Crippen LogP contribution is -2.35. The summed E-state index contributed by atoms with van der Waals surface area (Å²) in [5, 5.41) is 3.24. The first-order valence-corrected chi connectivity index (χ1v) is 8.65. The number of hydrogen-bond acceptors (Lipinski definition) is 4. The molecular formula is C17H21N3OS. The van der Waals surface area contributed by atoms with E-state index in [1.54, 1.807) is 11.8 Å². The van der Waals surface area contributed by atoms with Gasteiger partial charge in [0.15, 0.2) is 0 Å². The molecule has 116 valence electrons. The lowest BCUT2D eigenvalue weighted by molar-refractivity contribution is -0.128. The summed E-state index contributed by atoms with van der Waals surface area (Å²) in [5.41, 5.74) is 0. The van der Waals surface area contributed by atoms with Gasteiger partial charge in [-0.15, -0.1) is 0 Å². The fourth-order valence-electron chi connectivity index (χ4n) is 2.72. The van der Waals surface area contributed by atoms with E-state index in [0.29, 0.717) is 5.75 Å². The first kappa shape index (κ1) is 15.3. The SMILES string of the molecule is CN1CCCN(C(=O)CSc2nccc3ccccc23)CC1. The third kappa shape index (κ3) is 3.59. The van der Waals surface area contributed by atoms with Crippen molar-refractivity contribution in [3.63, 3.8) is 0 Å². The van der Waals surface area contributed by atoms with Crippen LogP contribution in [0.4, 0.5) is 0 Å². The van der Waals surface area contributed by atoms with E-state index in [0.717, 1.165) is 43.0 Å². The maximum Gasteiger partial charge on any atom is 0.233 e. The number of amides is 1. The second kappa shape index (κ2) is 7.11. The quantitative estimate of drug-likeness (QED) is 0.816. The maximum absolute atomic E-state index is 12.4. The molecule has 1 fully saturated rings. The van der Waals surface area contributed by atoms with E-state index in [4.69, 9.17) is 0 Å². The number of nitrogens with zero attached hydrogens (tertiary/aromatic N) is 3. The van der Waals surface area contributed by atoms with Crippen LogP contribution < -0.4 is 0 Å². The highest BCUT2D eigenvalue weighted by molar-refractivity contribution is 8.00. The van der Waals surface area contributed by atoms with Crippen LogP contribution in [0, 0.1) is 0 Å². The number of pyridine rings is 1. The minimum atomic E-state index is 0.218. The molecule has 1 aromatic heterocycles. The Hall–Kier alpha value is -1.59. The molecule has 22 heavy (non-hydrogen) atoms. The Morgan fingerprint density at radius 3 is 2.95 bits per heavy atom. The van der Waals surface area contributed by atoms with Crippen molar-refractivity contribution in [2.24, 2.45) is 0 Å². The summed E-state index contributed by atoms with van der Waals surface area (Å²) >= 11 is 1.54. The molecule has 5 heteroatoms. The van der Waals surface area contributed by atoms with Gasteiger partial charge in [0, 0.05) is 31.2 Å². The van der Waals surface area contributed by atoms with E-state index in [9.17, 15) is 4.79 Å². The number of carbonyl (C=O) groups is 1. The molecule has 0 N–H and O–H groups in total. The lowest BCUT2D eigenvalue weighted by Gasteiger charge is -2.20. The Bertz CT molecular complexity index is 656. The van der Waals surface area contributed by atoms with Gasteiger partial charge in [0.05, 0.1) is 5.75 Å². The molecule has 0 saturated carbocycles. The van der Waals surface area contributed by atoms with Gasteiger partial charge < -0.3 is 9.80 Å². The fraction of sp³-hybridized carbons (Fsp3) is 0.412. The molecule has 1 aromatic carbocycles. The molecule has 4 nitrogen and oxygen atoms in total.